The van der Waals surface area contributed by atoms with E-state index in [1.165, 1.54) is 47.6 Å². The van der Waals surface area contributed by atoms with Gasteiger partial charge in [0, 0.05) is 0 Å². The zero-order valence-electron chi connectivity index (χ0n) is 16.7. The van der Waals surface area contributed by atoms with Crippen LogP contribution in [-0.4, -0.2) is 7.15 Å². The van der Waals surface area contributed by atoms with Crippen molar-refractivity contribution in [2.45, 2.75) is 0 Å². The van der Waals surface area contributed by atoms with Crippen molar-refractivity contribution in [3.8, 4) is 22.3 Å². The molecule has 31 heavy (non-hydrogen) atoms. The van der Waals surface area contributed by atoms with Gasteiger partial charge in [0.15, 0.2) is 0 Å². The van der Waals surface area contributed by atoms with Gasteiger partial charge in [-0.3, -0.25) is 0 Å². The van der Waals surface area contributed by atoms with E-state index in [4.69, 9.17) is 0 Å². The van der Waals surface area contributed by atoms with Crippen LogP contribution in [0.3, 0.4) is 0 Å². The molecule has 0 N–H and O–H groups in total. The summed E-state index contributed by atoms with van der Waals surface area (Å²) >= 11 is 1.85. The molecule has 0 saturated carbocycles. The van der Waals surface area contributed by atoms with Gasteiger partial charge in [-0.1, -0.05) is 24.3 Å². The predicted molar refractivity (Wildman–Crippen MR) is 134 cm³/mol. The number of hydrogen-bond acceptors (Lipinski definition) is 2. The maximum atomic E-state index is 11.1. The van der Waals surface area contributed by atoms with Crippen molar-refractivity contribution in [3.05, 3.63) is 103 Å². The van der Waals surface area contributed by atoms with Gasteiger partial charge < -0.3 is 0 Å². The van der Waals surface area contributed by atoms with Crippen LogP contribution in [0.1, 0.15) is 0 Å². The molecule has 0 aliphatic carbocycles. The van der Waals surface area contributed by atoms with E-state index in [1.54, 1.807) is 0 Å². The zero-order valence-corrected chi connectivity index (χ0v) is 17.5. The molecule has 0 fully saturated rings. The first-order valence-corrected chi connectivity index (χ1v) is 11.1. The molecule has 6 rings (SSSR count). The van der Waals surface area contributed by atoms with Gasteiger partial charge in [0.2, 0.25) is 0 Å². The average Bonchev–Trinajstić information content (AvgIpc) is 3.23. The SMILES string of the molecule is O=Bc1ccc(-c2cccc3c2sc2c(-c4cccc5ccccc45)cccc23)cc1. The second-order valence-corrected chi connectivity index (χ2v) is 8.75. The van der Waals surface area contributed by atoms with Crippen molar-refractivity contribution in [2.24, 2.45) is 0 Å². The minimum absolute atomic E-state index is 0.700. The van der Waals surface area contributed by atoms with Gasteiger partial charge in [-0.2, -0.15) is 0 Å². The van der Waals surface area contributed by atoms with Crippen LogP contribution < -0.4 is 5.46 Å². The average molecular weight is 412 g/mol. The molecule has 6 aromatic rings. The summed E-state index contributed by atoms with van der Waals surface area (Å²) in [4.78, 5) is 0. The minimum atomic E-state index is 0.700. The molecule has 0 atom stereocenters. The van der Waals surface area contributed by atoms with E-state index in [9.17, 15) is 4.70 Å². The van der Waals surface area contributed by atoms with Gasteiger partial charge >= 0.3 is 161 Å². The molecular formula is C28H17BOS. The quantitative estimate of drug-likeness (QED) is 0.281. The summed E-state index contributed by atoms with van der Waals surface area (Å²) in [6.07, 6.45) is 0. The van der Waals surface area contributed by atoms with E-state index < -0.39 is 0 Å². The monoisotopic (exact) mass is 412 g/mol. The molecule has 0 radical (unpaired) electrons. The molecule has 1 heterocycles. The number of hydrogen-bond donors (Lipinski definition) is 0. The van der Waals surface area contributed by atoms with E-state index in [-0.39, 0.29) is 0 Å². The number of benzene rings is 5. The Bertz CT molecular complexity index is 1590. The predicted octanol–water partition coefficient (Wildman–Crippen LogP) is 7.22. The molecular weight excluding hydrogens is 395 g/mol. The Labute approximate surface area is 184 Å². The molecule has 0 amide bonds. The fraction of sp³-hybridized carbons (Fsp3) is 0. The Morgan fingerprint density at radius 3 is 1.87 bits per heavy atom. The van der Waals surface area contributed by atoms with Crippen molar-refractivity contribution in [3.63, 3.8) is 0 Å². The first kappa shape index (κ1) is 18.2. The van der Waals surface area contributed by atoms with Gasteiger partial charge in [0.25, 0.3) is 0 Å². The summed E-state index contributed by atoms with van der Waals surface area (Å²) in [5, 5.41) is 5.10. The second kappa shape index (κ2) is 7.30. The van der Waals surface area contributed by atoms with Gasteiger partial charge in [-0.25, -0.2) is 0 Å². The van der Waals surface area contributed by atoms with Crippen molar-refractivity contribution >= 4 is 54.9 Å². The molecule has 0 aliphatic heterocycles. The zero-order chi connectivity index (χ0) is 20.8. The summed E-state index contributed by atoms with van der Waals surface area (Å²) in [5.74, 6) is 0. The van der Waals surface area contributed by atoms with Gasteiger partial charge in [-0.05, 0) is 0 Å². The van der Waals surface area contributed by atoms with Gasteiger partial charge in [0.1, 0.15) is 0 Å². The van der Waals surface area contributed by atoms with Crippen LogP contribution in [0.15, 0.2) is 103 Å². The number of rotatable bonds is 3. The van der Waals surface area contributed by atoms with Crippen LogP contribution in [0.25, 0.3) is 53.2 Å². The third-order valence-electron chi connectivity index (χ3n) is 5.96. The Morgan fingerprint density at radius 2 is 1.10 bits per heavy atom. The van der Waals surface area contributed by atoms with Crippen LogP contribution in [-0.2, 0) is 4.70 Å². The summed E-state index contributed by atoms with van der Waals surface area (Å²) in [6.45, 7) is 0. The van der Waals surface area contributed by atoms with Crippen molar-refractivity contribution < 1.29 is 4.70 Å². The maximum absolute atomic E-state index is 11.1. The van der Waals surface area contributed by atoms with Crippen LogP contribution in [0.2, 0.25) is 0 Å². The number of fused-ring (bicyclic) bond motifs is 4. The third-order valence-corrected chi connectivity index (χ3v) is 7.25. The Kier molecular flexibility index (Phi) is 4.29. The summed E-state index contributed by atoms with van der Waals surface area (Å²) < 4.78 is 13.6. The van der Waals surface area contributed by atoms with E-state index >= 15 is 0 Å². The standard InChI is InChI=1S/C28H17BOS/c30-29-20-16-14-19(15-17-20)22-9-4-12-25-26-13-5-11-24(28(26)31-27(22)25)23-10-3-7-18-6-1-2-8-21(18)23/h1-17H. The van der Waals surface area contributed by atoms with Gasteiger partial charge in [0.05, 0.1) is 0 Å². The Balaban J connectivity index is 1.64. The fourth-order valence-electron chi connectivity index (χ4n) is 4.46. The molecule has 1 aromatic heterocycles. The van der Waals surface area contributed by atoms with Crippen LogP contribution >= 0.6 is 11.3 Å². The summed E-state index contributed by atoms with van der Waals surface area (Å²) in [5.41, 5.74) is 5.59. The molecule has 3 heteroatoms. The molecule has 0 bridgehead atoms. The fourth-order valence-corrected chi connectivity index (χ4v) is 5.82. The summed E-state index contributed by atoms with van der Waals surface area (Å²) in [6, 6.07) is 36.1. The van der Waals surface area contributed by atoms with E-state index in [0.717, 1.165) is 12.7 Å². The Hall–Kier alpha value is -3.56. The van der Waals surface area contributed by atoms with Crippen molar-refractivity contribution in [2.75, 3.05) is 0 Å². The first-order chi connectivity index (χ1) is 15.3. The normalized spacial score (nSPS) is 11.2. The molecule has 0 spiro atoms. The topological polar surface area (TPSA) is 17.1 Å². The molecule has 0 unspecified atom stereocenters. The van der Waals surface area contributed by atoms with E-state index in [2.05, 4.69) is 78.9 Å². The Morgan fingerprint density at radius 1 is 0.516 bits per heavy atom. The first-order valence-electron chi connectivity index (χ1n) is 10.3. The van der Waals surface area contributed by atoms with Gasteiger partial charge in [-0.15, -0.1) is 0 Å². The van der Waals surface area contributed by atoms with Crippen LogP contribution in [0.5, 0.6) is 0 Å². The van der Waals surface area contributed by atoms with Crippen molar-refractivity contribution in [1.29, 1.82) is 0 Å². The third kappa shape index (κ3) is 2.93. The summed E-state index contributed by atoms with van der Waals surface area (Å²) in [7, 11) is 0.889. The second-order valence-electron chi connectivity index (χ2n) is 7.73. The van der Waals surface area contributed by atoms with Crippen molar-refractivity contribution in [1.82, 2.24) is 0 Å². The molecule has 0 saturated heterocycles. The van der Waals surface area contributed by atoms with E-state index in [1.807, 2.05) is 35.6 Å². The van der Waals surface area contributed by atoms with E-state index in [0.29, 0.717) is 5.46 Å². The van der Waals surface area contributed by atoms with Crippen LogP contribution in [0, 0.1) is 0 Å². The molecule has 0 aliphatic rings. The molecule has 5 aromatic carbocycles. The number of thiophene rings is 1. The molecule has 1 nitrogen and oxygen atoms in total. The molecule has 144 valence electrons. The van der Waals surface area contributed by atoms with Crippen LogP contribution in [0.4, 0.5) is 0 Å².